The summed E-state index contributed by atoms with van der Waals surface area (Å²) >= 11 is 0. The quantitative estimate of drug-likeness (QED) is 0.468. The van der Waals surface area contributed by atoms with Crippen molar-refractivity contribution in [3.05, 3.63) is 0 Å². The van der Waals surface area contributed by atoms with E-state index in [2.05, 4.69) is 0 Å². The Morgan fingerprint density at radius 1 is 0.741 bits per heavy atom. The van der Waals surface area contributed by atoms with Gasteiger partial charge in [0.2, 0.25) is 0 Å². The fourth-order valence-electron chi connectivity index (χ4n) is 2.97. The second kappa shape index (κ2) is 10.2. The zero-order chi connectivity index (χ0) is 20.7. The minimum absolute atomic E-state index is 0.172. The highest BCUT2D eigenvalue weighted by Gasteiger charge is 2.51. The summed E-state index contributed by atoms with van der Waals surface area (Å²) in [5, 5.41) is 0. The molecule has 5 atom stereocenters. The van der Waals surface area contributed by atoms with E-state index in [1.54, 1.807) is 0 Å². The minimum Gasteiger partial charge on any atom is -0.463 e. The molecule has 154 valence electrons. The molecule has 1 heterocycles. The van der Waals surface area contributed by atoms with Crippen molar-refractivity contribution in [2.24, 2.45) is 5.92 Å². The van der Waals surface area contributed by atoms with E-state index < -0.39 is 54.4 Å². The number of rotatable bonds is 7. The molecule has 0 amide bonds. The standard InChI is InChI=1S/C18H28O9/c1-9(2)7-14-16(24-11(4)20)18(26-13(6)22)17(25-12(5)21)15(27-14)8-23-10(3)19/h9,14-18H,7-8H2,1-6H3/t14-,15+,16-,17-,18+/m0/s1. The molecule has 0 bridgehead atoms. The van der Waals surface area contributed by atoms with Gasteiger partial charge in [0, 0.05) is 27.7 Å². The third-order valence-electron chi connectivity index (χ3n) is 3.79. The Morgan fingerprint density at radius 2 is 1.19 bits per heavy atom. The van der Waals surface area contributed by atoms with E-state index >= 15 is 0 Å². The molecule has 1 aliphatic heterocycles. The number of carbonyl (C=O) groups is 4. The lowest BCUT2D eigenvalue weighted by atomic mass is 9.90. The van der Waals surface area contributed by atoms with Gasteiger partial charge < -0.3 is 23.7 Å². The molecular formula is C18H28O9. The molecule has 27 heavy (non-hydrogen) atoms. The Hall–Kier alpha value is -2.16. The van der Waals surface area contributed by atoms with Crippen LogP contribution in [0.15, 0.2) is 0 Å². The average Bonchev–Trinajstić information content (AvgIpc) is 2.49. The summed E-state index contributed by atoms with van der Waals surface area (Å²) in [6.07, 6.45) is -4.18. The molecule has 1 aliphatic rings. The first-order valence-corrected chi connectivity index (χ1v) is 8.81. The molecule has 0 unspecified atom stereocenters. The van der Waals surface area contributed by atoms with E-state index in [1.807, 2.05) is 13.8 Å². The topological polar surface area (TPSA) is 114 Å². The van der Waals surface area contributed by atoms with Crippen molar-refractivity contribution in [1.29, 1.82) is 0 Å². The molecule has 9 nitrogen and oxygen atoms in total. The lowest BCUT2D eigenvalue weighted by Crippen LogP contribution is -2.62. The van der Waals surface area contributed by atoms with Gasteiger partial charge in [0.25, 0.3) is 0 Å². The van der Waals surface area contributed by atoms with E-state index in [0.29, 0.717) is 6.42 Å². The van der Waals surface area contributed by atoms with Crippen LogP contribution in [0.1, 0.15) is 48.0 Å². The molecule has 0 N–H and O–H groups in total. The highest BCUT2D eigenvalue weighted by Crippen LogP contribution is 2.32. The third kappa shape index (κ3) is 7.54. The summed E-state index contributed by atoms with van der Waals surface area (Å²) in [6.45, 7) is 8.55. The van der Waals surface area contributed by atoms with E-state index in [1.165, 1.54) is 27.7 Å². The van der Waals surface area contributed by atoms with Crippen molar-refractivity contribution in [1.82, 2.24) is 0 Å². The summed E-state index contributed by atoms with van der Waals surface area (Å²) in [5.74, 6) is -2.23. The third-order valence-corrected chi connectivity index (χ3v) is 3.79. The molecule has 1 fully saturated rings. The largest absolute Gasteiger partial charge is 0.463 e. The molecule has 0 radical (unpaired) electrons. The highest BCUT2D eigenvalue weighted by molar-refractivity contribution is 5.68. The summed E-state index contributed by atoms with van der Waals surface area (Å²) in [6, 6.07) is 0. The Bertz CT molecular complexity index is 557. The van der Waals surface area contributed by atoms with Gasteiger partial charge in [-0.15, -0.1) is 0 Å². The summed E-state index contributed by atoms with van der Waals surface area (Å²) in [5.41, 5.74) is 0. The Balaban J connectivity index is 3.27. The van der Waals surface area contributed by atoms with Crippen molar-refractivity contribution >= 4 is 23.9 Å². The van der Waals surface area contributed by atoms with Crippen molar-refractivity contribution in [3.63, 3.8) is 0 Å². The maximum Gasteiger partial charge on any atom is 0.303 e. The lowest BCUT2D eigenvalue weighted by Gasteiger charge is -2.45. The first kappa shape index (κ1) is 22.9. The van der Waals surface area contributed by atoms with Gasteiger partial charge in [-0.05, 0) is 12.3 Å². The number of esters is 4. The first-order valence-electron chi connectivity index (χ1n) is 8.81. The van der Waals surface area contributed by atoms with Gasteiger partial charge in [0.1, 0.15) is 12.7 Å². The second-order valence-electron chi connectivity index (χ2n) is 6.87. The molecular weight excluding hydrogens is 360 g/mol. The van der Waals surface area contributed by atoms with Gasteiger partial charge in [-0.3, -0.25) is 19.2 Å². The molecule has 0 aromatic carbocycles. The summed E-state index contributed by atoms with van der Waals surface area (Å²) in [7, 11) is 0. The molecule has 0 spiro atoms. The van der Waals surface area contributed by atoms with E-state index in [0.717, 1.165) is 0 Å². The smallest absolute Gasteiger partial charge is 0.303 e. The van der Waals surface area contributed by atoms with Gasteiger partial charge in [0.15, 0.2) is 18.3 Å². The van der Waals surface area contributed by atoms with E-state index in [4.69, 9.17) is 23.7 Å². The van der Waals surface area contributed by atoms with Gasteiger partial charge >= 0.3 is 23.9 Å². The van der Waals surface area contributed by atoms with Crippen molar-refractivity contribution in [3.8, 4) is 0 Å². The van der Waals surface area contributed by atoms with Crippen molar-refractivity contribution in [2.45, 2.75) is 78.5 Å². The van der Waals surface area contributed by atoms with Crippen LogP contribution in [0, 0.1) is 5.92 Å². The number of carbonyl (C=O) groups excluding carboxylic acids is 4. The Morgan fingerprint density at radius 3 is 1.59 bits per heavy atom. The molecule has 0 aliphatic carbocycles. The van der Waals surface area contributed by atoms with Gasteiger partial charge in [0.05, 0.1) is 6.10 Å². The van der Waals surface area contributed by atoms with E-state index in [9.17, 15) is 19.2 Å². The van der Waals surface area contributed by atoms with Crippen molar-refractivity contribution in [2.75, 3.05) is 6.61 Å². The van der Waals surface area contributed by atoms with Crippen LogP contribution in [0.25, 0.3) is 0 Å². The summed E-state index contributed by atoms with van der Waals surface area (Å²) in [4.78, 5) is 46.0. The van der Waals surface area contributed by atoms with Crippen LogP contribution >= 0.6 is 0 Å². The predicted octanol–water partition coefficient (Wildman–Crippen LogP) is 1.16. The van der Waals surface area contributed by atoms with Crippen LogP contribution in [-0.2, 0) is 42.9 Å². The fourth-order valence-corrected chi connectivity index (χ4v) is 2.97. The highest BCUT2D eigenvalue weighted by atomic mass is 16.7. The van der Waals surface area contributed by atoms with Gasteiger partial charge in [-0.1, -0.05) is 13.8 Å². The lowest BCUT2D eigenvalue weighted by molar-refractivity contribution is -0.254. The molecule has 0 aromatic rings. The Labute approximate surface area is 158 Å². The zero-order valence-electron chi connectivity index (χ0n) is 16.6. The van der Waals surface area contributed by atoms with Crippen LogP contribution < -0.4 is 0 Å². The van der Waals surface area contributed by atoms with Crippen LogP contribution in [0.3, 0.4) is 0 Å². The molecule has 1 rings (SSSR count). The van der Waals surface area contributed by atoms with Crippen LogP contribution in [0.2, 0.25) is 0 Å². The summed E-state index contributed by atoms with van der Waals surface area (Å²) < 4.78 is 27.0. The molecule has 0 aromatic heterocycles. The van der Waals surface area contributed by atoms with E-state index in [-0.39, 0.29) is 12.5 Å². The van der Waals surface area contributed by atoms with Crippen LogP contribution in [-0.4, -0.2) is 61.0 Å². The van der Waals surface area contributed by atoms with Crippen LogP contribution in [0.4, 0.5) is 0 Å². The maximum atomic E-state index is 11.6. The number of hydrogen-bond donors (Lipinski definition) is 0. The Kier molecular flexibility index (Phi) is 8.68. The van der Waals surface area contributed by atoms with Gasteiger partial charge in [-0.2, -0.15) is 0 Å². The molecule has 1 saturated heterocycles. The fraction of sp³-hybridized carbons (Fsp3) is 0.778. The second-order valence-corrected chi connectivity index (χ2v) is 6.87. The monoisotopic (exact) mass is 388 g/mol. The van der Waals surface area contributed by atoms with Gasteiger partial charge in [-0.25, -0.2) is 0 Å². The normalized spacial score (nSPS) is 27.6. The zero-order valence-corrected chi connectivity index (χ0v) is 16.6. The molecule has 9 heteroatoms. The SMILES string of the molecule is CC(=O)OC[C@H]1O[C@@H](CC(C)C)[C@H](OC(C)=O)[C@@H](OC(C)=O)[C@H]1OC(C)=O. The molecule has 0 saturated carbocycles. The average molecular weight is 388 g/mol. The minimum atomic E-state index is -1.10. The van der Waals surface area contributed by atoms with Crippen molar-refractivity contribution < 1.29 is 42.9 Å². The maximum absolute atomic E-state index is 11.6. The first-order chi connectivity index (χ1) is 12.5. The number of hydrogen-bond acceptors (Lipinski definition) is 9. The van der Waals surface area contributed by atoms with Crippen LogP contribution in [0.5, 0.6) is 0 Å². The number of ether oxygens (including phenoxy) is 5. The predicted molar refractivity (Wildman–Crippen MR) is 91.4 cm³/mol.